The summed E-state index contributed by atoms with van der Waals surface area (Å²) in [4.78, 5) is 12.7. The van der Waals surface area contributed by atoms with E-state index >= 15 is 0 Å². The first-order chi connectivity index (χ1) is 12.9. The molecule has 1 aliphatic heterocycles. The molecule has 1 N–H and O–H groups in total. The third kappa shape index (κ3) is 4.28. The van der Waals surface area contributed by atoms with E-state index in [9.17, 15) is 17.6 Å². The minimum atomic E-state index is -3.77. The number of methoxy groups -OCH3 is 1. The molecular weight excluding hydrogens is 371 g/mol. The summed E-state index contributed by atoms with van der Waals surface area (Å²) < 4.78 is 45.1. The summed E-state index contributed by atoms with van der Waals surface area (Å²) in [5.74, 6) is -0.684. The molecule has 1 saturated heterocycles. The first kappa shape index (κ1) is 19.3. The fraction of sp³-hybridized carbons (Fsp3) is 0.316. The van der Waals surface area contributed by atoms with E-state index in [2.05, 4.69) is 5.32 Å². The van der Waals surface area contributed by atoms with Gasteiger partial charge < -0.3 is 10.1 Å². The minimum absolute atomic E-state index is 0.0229. The number of amides is 1. The Morgan fingerprint density at radius 2 is 1.89 bits per heavy atom. The summed E-state index contributed by atoms with van der Waals surface area (Å²) in [6.07, 6.45) is 1.17. The van der Waals surface area contributed by atoms with Crippen molar-refractivity contribution in [2.45, 2.75) is 17.7 Å². The highest BCUT2D eigenvalue weighted by Gasteiger charge is 2.33. The molecule has 2 aromatic carbocycles. The maximum atomic E-state index is 13.1. The van der Waals surface area contributed by atoms with Gasteiger partial charge in [-0.15, -0.1) is 0 Å². The normalized spacial score (nSPS) is 18.1. The molecule has 8 heteroatoms. The number of piperidine rings is 1. The zero-order valence-corrected chi connectivity index (χ0v) is 15.7. The molecule has 1 amide bonds. The molecule has 27 heavy (non-hydrogen) atoms. The maximum absolute atomic E-state index is 13.1. The van der Waals surface area contributed by atoms with Crippen molar-refractivity contribution in [3.05, 3.63) is 54.3 Å². The van der Waals surface area contributed by atoms with Crippen molar-refractivity contribution in [3.8, 4) is 5.75 Å². The van der Waals surface area contributed by atoms with Crippen molar-refractivity contribution in [3.63, 3.8) is 0 Å². The molecule has 0 bridgehead atoms. The van der Waals surface area contributed by atoms with E-state index in [-0.39, 0.29) is 17.3 Å². The molecule has 0 radical (unpaired) electrons. The van der Waals surface area contributed by atoms with E-state index in [1.807, 2.05) is 0 Å². The van der Waals surface area contributed by atoms with Crippen LogP contribution in [0.2, 0.25) is 0 Å². The number of hydrogen-bond acceptors (Lipinski definition) is 4. The van der Waals surface area contributed by atoms with Crippen LogP contribution in [0.5, 0.6) is 5.75 Å². The number of rotatable bonds is 5. The number of benzene rings is 2. The molecule has 0 saturated carbocycles. The van der Waals surface area contributed by atoms with Crippen LogP contribution in [0, 0.1) is 11.7 Å². The first-order valence-corrected chi connectivity index (χ1v) is 10.1. The number of carbonyl (C=O) groups is 1. The quantitative estimate of drug-likeness (QED) is 0.849. The van der Waals surface area contributed by atoms with E-state index in [0.29, 0.717) is 30.8 Å². The molecule has 0 unspecified atom stereocenters. The van der Waals surface area contributed by atoms with Crippen molar-refractivity contribution in [1.82, 2.24) is 4.31 Å². The molecule has 0 spiro atoms. The summed E-state index contributed by atoms with van der Waals surface area (Å²) >= 11 is 0. The summed E-state index contributed by atoms with van der Waals surface area (Å²) in [6.45, 7) is 0.416. The zero-order valence-electron chi connectivity index (χ0n) is 14.9. The fourth-order valence-electron chi connectivity index (χ4n) is 3.11. The Bertz CT molecular complexity index is 916. The Kier molecular flexibility index (Phi) is 5.76. The topological polar surface area (TPSA) is 75.7 Å². The number of anilines is 1. The molecule has 1 fully saturated rings. The Morgan fingerprint density at radius 3 is 2.59 bits per heavy atom. The molecule has 0 aromatic heterocycles. The zero-order chi connectivity index (χ0) is 19.4. The number of carbonyl (C=O) groups excluding carboxylic acids is 1. The molecule has 1 aliphatic rings. The molecule has 1 heterocycles. The SMILES string of the molecule is COc1ccccc1NC(=O)[C@H]1CCCN(S(=O)(=O)c2ccc(F)cc2)C1. The largest absolute Gasteiger partial charge is 0.495 e. The van der Waals surface area contributed by atoms with Crippen molar-refractivity contribution in [1.29, 1.82) is 0 Å². The Labute approximate surface area is 158 Å². The molecule has 1 atom stereocenters. The highest BCUT2D eigenvalue weighted by atomic mass is 32.2. The van der Waals surface area contributed by atoms with Gasteiger partial charge in [-0.2, -0.15) is 4.31 Å². The van der Waals surface area contributed by atoms with Gasteiger partial charge in [-0.25, -0.2) is 12.8 Å². The van der Waals surface area contributed by atoms with Gasteiger partial charge in [0, 0.05) is 13.1 Å². The van der Waals surface area contributed by atoms with Gasteiger partial charge in [-0.05, 0) is 49.2 Å². The van der Waals surface area contributed by atoms with Crippen LogP contribution >= 0.6 is 0 Å². The van der Waals surface area contributed by atoms with Gasteiger partial charge >= 0.3 is 0 Å². The molecular formula is C19H21FN2O4S. The number of sulfonamides is 1. The smallest absolute Gasteiger partial charge is 0.243 e. The van der Waals surface area contributed by atoms with E-state index < -0.39 is 21.8 Å². The number of nitrogens with one attached hydrogen (secondary N) is 1. The van der Waals surface area contributed by atoms with Crippen LogP contribution < -0.4 is 10.1 Å². The molecule has 3 rings (SSSR count). The highest BCUT2D eigenvalue weighted by molar-refractivity contribution is 7.89. The van der Waals surface area contributed by atoms with Crippen LogP contribution in [-0.2, 0) is 14.8 Å². The van der Waals surface area contributed by atoms with Gasteiger partial charge in [-0.1, -0.05) is 12.1 Å². The number of nitrogens with zero attached hydrogens (tertiary/aromatic N) is 1. The molecule has 2 aromatic rings. The predicted molar refractivity (Wildman–Crippen MR) is 99.5 cm³/mol. The summed E-state index contributed by atoms with van der Waals surface area (Å²) in [5.41, 5.74) is 0.545. The lowest BCUT2D eigenvalue weighted by atomic mass is 9.98. The average molecular weight is 392 g/mol. The van der Waals surface area contributed by atoms with Gasteiger partial charge in [0.25, 0.3) is 0 Å². The third-order valence-electron chi connectivity index (χ3n) is 4.57. The van der Waals surface area contributed by atoms with Crippen molar-refractivity contribution in [2.75, 3.05) is 25.5 Å². The number of ether oxygens (including phenoxy) is 1. The Hall–Kier alpha value is -2.45. The van der Waals surface area contributed by atoms with Crippen LogP contribution in [0.4, 0.5) is 10.1 Å². The lowest BCUT2D eigenvalue weighted by molar-refractivity contribution is -0.120. The van der Waals surface area contributed by atoms with Crippen LogP contribution in [0.1, 0.15) is 12.8 Å². The third-order valence-corrected chi connectivity index (χ3v) is 6.45. The standard InChI is InChI=1S/C19H21FN2O4S/c1-26-18-7-3-2-6-17(18)21-19(23)14-5-4-12-22(13-14)27(24,25)16-10-8-15(20)9-11-16/h2-3,6-11,14H,4-5,12-13H2,1H3,(H,21,23)/t14-/m0/s1. The number of halogens is 1. The Balaban J connectivity index is 1.73. The van der Waals surface area contributed by atoms with Crippen LogP contribution in [-0.4, -0.2) is 38.8 Å². The van der Waals surface area contributed by atoms with Crippen LogP contribution in [0.15, 0.2) is 53.4 Å². The van der Waals surface area contributed by atoms with E-state index in [1.54, 1.807) is 24.3 Å². The van der Waals surface area contributed by atoms with Gasteiger partial charge in [0.1, 0.15) is 11.6 Å². The maximum Gasteiger partial charge on any atom is 0.243 e. The fourth-order valence-corrected chi connectivity index (χ4v) is 4.64. The summed E-state index contributed by atoms with van der Waals surface area (Å²) in [5, 5.41) is 2.82. The first-order valence-electron chi connectivity index (χ1n) is 8.61. The van der Waals surface area contributed by atoms with Gasteiger partial charge in [-0.3, -0.25) is 4.79 Å². The van der Waals surface area contributed by atoms with E-state index in [0.717, 1.165) is 12.1 Å². The lowest BCUT2D eigenvalue weighted by Crippen LogP contribution is -2.43. The number of hydrogen-bond donors (Lipinski definition) is 1. The summed E-state index contributed by atoms with van der Waals surface area (Å²) in [6, 6.07) is 11.8. The molecule has 144 valence electrons. The lowest BCUT2D eigenvalue weighted by Gasteiger charge is -2.31. The van der Waals surface area contributed by atoms with Gasteiger partial charge in [0.15, 0.2) is 0 Å². The second-order valence-electron chi connectivity index (χ2n) is 6.35. The van der Waals surface area contributed by atoms with E-state index in [4.69, 9.17) is 4.74 Å². The van der Waals surface area contributed by atoms with Crippen molar-refractivity contribution >= 4 is 21.6 Å². The van der Waals surface area contributed by atoms with Gasteiger partial charge in [0.05, 0.1) is 23.6 Å². The average Bonchev–Trinajstić information content (AvgIpc) is 2.69. The predicted octanol–water partition coefficient (Wildman–Crippen LogP) is 2.87. The van der Waals surface area contributed by atoms with Gasteiger partial charge in [0.2, 0.25) is 15.9 Å². The van der Waals surface area contributed by atoms with Crippen LogP contribution in [0.25, 0.3) is 0 Å². The highest BCUT2D eigenvalue weighted by Crippen LogP contribution is 2.27. The van der Waals surface area contributed by atoms with Crippen LogP contribution in [0.3, 0.4) is 0 Å². The second kappa shape index (κ2) is 8.06. The Morgan fingerprint density at radius 1 is 1.19 bits per heavy atom. The van der Waals surface area contributed by atoms with Crippen molar-refractivity contribution < 1.29 is 22.3 Å². The molecule has 6 nitrogen and oxygen atoms in total. The van der Waals surface area contributed by atoms with E-state index in [1.165, 1.54) is 23.5 Å². The molecule has 0 aliphatic carbocycles. The second-order valence-corrected chi connectivity index (χ2v) is 8.28. The minimum Gasteiger partial charge on any atom is -0.495 e. The number of para-hydroxylation sites is 2. The monoisotopic (exact) mass is 392 g/mol. The van der Waals surface area contributed by atoms with Crippen molar-refractivity contribution in [2.24, 2.45) is 5.92 Å². The summed E-state index contributed by atoms with van der Waals surface area (Å²) in [7, 11) is -2.25.